The zero-order chi connectivity index (χ0) is 51.6. The van der Waals surface area contributed by atoms with Crippen LogP contribution in [0, 0.1) is 0 Å². The van der Waals surface area contributed by atoms with E-state index in [9.17, 15) is 53.4 Å². The Hall–Kier alpha value is -6.90. The number of phenols is 1. The van der Waals surface area contributed by atoms with Gasteiger partial charge < -0.3 is 57.9 Å². The summed E-state index contributed by atoms with van der Waals surface area (Å²) in [5, 5.41) is 40.2. The maximum Gasteiger partial charge on any atom is 0.394 e. The Labute approximate surface area is 421 Å². The predicted molar refractivity (Wildman–Crippen MR) is 267 cm³/mol. The fourth-order valence-electron chi connectivity index (χ4n) is 9.49. The minimum absolute atomic E-state index is 0.0125. The molecule has 3 aliphatic rings. The van der Waals surface area contributed by atoms with Gasteiger partial charge in [0, 0.05) is 48.7 Å². The first kappa shape index (κ1) is 54.4. The van der Waals surface area contributed by atoms with E-state index in [0.717, 1.165) is 60.6 Å². The number of aromatic hydroxyl groups is 1. The molecule has 3 aromatic rings. The van der Waals surface area contributed by atoms with Crippen LogP contribution in [0.15, 0.2) is 60.7 Å². The number of esters is 1. The molecule has 2 aliphatic heterocycles. The number of aryl methyl sites for hydroxylation is 1. The van der Waals surface area contributed by atoms with Gasteiger partial charge in [0.1, 0.15) is 29.1 Å². The number of carbonyl (C=O) groups is 9. The quantitative estimate of drug-likeness (QED) is 0.0182. The number of benzene rings is 3. The molecule has 0 radical (unpaired) electrons. The van der Waals surface area contributed by atoms with Crippen molar-refractivity contribution in [1.29, 1.82) is 0 Å². The highest BCUT2D eigenvalue weighted by molar-refractivity contribution is 8.00. The molecule has 388 valence electrons. The fourth-order valence-corrected chi connectivity index (χ4v) is 11.0. The first-order chi connectivity index (χ1) is 34.6. The lowest BCUT2D eigenvalue weighted by molar-refractivity contribution is -0.151. The van der Waals surface area contributed by atoms with Crippen molar-refractivity contribution in [3.8, 4) is 11.5 Å². The number of fused-ring (bicyclic) bond motifs is 2. The monoisotopic (exact) mass is 1010 g/mol. The zero-order valence-electron chi connectivity index (χ0n) is 40.3. The first-order valence-corrected chi connectivity index (χ1v) is 25.8. The van der Waals surface area contributed by atoms with Crippen molar-refractivity contribution in [2.24, 2.45) is 5.73 Å². The Morgan fingerprint density at radius 2 is 1.50 bits per heavy atom. The van der Waals surface area contributed by atoms with E-state index >= 15 is 0 Å². The van der Waals surface area contributed by atoms with Gasteiger partial charge in [-0.05, 0) is 86.1 Å². The molecule has 3 fully saturated rings. The number of thioether (sulfide) groups is 1. The third-order valence-corrected chi connectivity index (χ3v) is 14.8. The number of hydrogen-bond donors (Lipinski definition) is 10. The lowest BCUT2D eigenvalue weighted by Gasteiger charge is -2.38. The van der Waals surface area contributed by atoms with Crippen molar-refractivity contribution < 1.29 is 58.1 Å². The number of primary amides is 1. The van der Waals surface area contributed by atoms with Gasteiger partial charge in [-0.3, -0.25) is 33.6 Å². The molecule has 72 heavy (non-hydrogen) atoms. The standard InChI is InChI=1S/C51H66N8O12S/c52-41(61)29-37(56-49(69)51(24-6-2-7-25-51)59-46(65)36(55-47(66)48(67)68)28-31-20-22-33(60)23-21-31)45(64)54-27-11-13-32-12-9-15-35-34(32)14-10-16-39(35)71-43(63)19-3-1-8-26-53-42(62)18-5-4-17-40-44-38(30-72-40)57-50(70)58-44/h9-10,12,14-16,20-23,36-38,40,44,60H,1-8,11,13,17-19,24-30H2,(H2,52,61)(H,53,62)(H,54,64)(H,55,66)(H,56,69)(H,59,65)(H,67,68)(H2,57,58,70)/t36-,37-,38-,40-,44-/m0/s1. The van der Waals surface area contributed by atoms with Crippen LogP contribution in [0.4, 0.5) is 4.79 Å². The normalized spacial score (nSPS) is 18.6. The summed E-state index contributed by atoms with van der Waals surface area (Å²) in [5.41, 5.74) is 5.37. The SMILES string of the molecule is NC(=O)C[C@H](NC(=O)C1(NC(=O)[C@H](Cc2ccc(O)cc2)NC(=O)C(=O)O)CCCCC1)C(=O)NCCCc1cccc2c(OC(=O)CCCCCNC(=O)CCCC[C@@H]3SC[C@@H]4NC(=O)N[C@@H]43)cccc12. The van der Waals surface area contributed by atoms with Crippen LogP contribution >= 0.6 is 11.8 Å². The summed E-state index contributed by atoms with van der Waals surface area (Å²) in [6.07, 6.45) is 7.81. The van der Waals surface area contributed by atoms with Gasteiger partial charge >= 0.3 is 23.9 Å². The molecule has 20 nitrogen and oxygen atoms in total. The third kappa shape index (κ3) is 15.8. The molecule has 8 amide bonds. The Morgan fingerprint density at radius 3 is 2.25 bits per heavy atom. The van der Waals surface area contributed by atoms with Crippen molar-refractivity contribution in [3.05, 3.63) is 71.8 Å². The number of nitrogens with one attached hydrogen (secondary N) is 7. The van der Waals surface area contributed by atoms with Crippen molar-refractivity contribution in [3.63, 3.8) is 0 Å². The Morgan fingerprint density at radius 1 is 0.778 bits per heavy atom. The third-order valence-electron chi connectivity index (χ3n) is 13.3. The molecule has 1 aliphatic carbocycles. The molecule has 3 aromatic carbocycles. The van der Waals surface area contributed by atoms with Crippen molar-refractivity contribution in [2.45, 2.75) is 144 Å². The van der Waals surface area contributed by atoms with Crippen LogP contribution in [0.2, 0.25) is 0 Å². The number of unbranched alkanes of at least 4 members (excludes halogenated alkanes) is 3. The van der Waals surface area contributed by atoms with Gasteiger partial charge in [-0.25, -0.2) is 9.59 Å². The van der Waals surface area contributed by atoms with Crippen LogP contribution in [0.5, 0.6) is 11.5 Å². The highest BCUT2D eigenvalue weighted by Gasteiger charge is 2.44. The summed E-state index contributed by atoms with van der Waals surface area (Å²) >= 11 is 1.87. The number of ether oxygens (including phenoxy) is 1. The lowest BCUT2D eigenvalue weighted by atomic mass is 9.80. The highest BCUT2D eigenvalue weighted by atomic mass is 32.2. The summed E-state index contributed by atoms with van der Waals surface area (Å²) in [5.74, 6) is -5.42. The van der Waals surface area contributed by atoms with Crippen molar-refractivity contribution in [1.82, 2.24) is 37.2 Å². The molecule has 2 heterocycles. The lowest BCUT2D eigenvalue weighted by Crippen LogP contribution is -2.65. The average molecular weight is 1020 g/mol. The van der Waals surface area contributed by atoms with Crippen molar-refractivity contribution in [2.75, 3.05) is 18.8 Å². The fraction of sp³-hybridized carbons (Fsp3) is 0.510. The Bertz CT molecular complexity index is 2450. The molecule has 21 heteroatoms. The number of amides is 8. The topological polar surface area (TPSA) is 314 Å². The number of carboxylic acids is 1. The van der Waals surface area contributed by atoms with Crippen LogP contribution < -0.4 is 47.7 Å². The molecule has 0 unspecified atom stereocenters. The number of aliphatic carboxylic acids is 1. The van der Waals surface area contributed by atoms with E-state index in [4.69, 9.17) is 10.5 Å². The number of nitrogens with two attached hydrogens (primary N) is 1. The smallest absolute Gasteiger partial charge is 0.394 e. The highest BCUT2D eigenvalue weighted by Crippen LogP contribution is 2.34. The minimum atomic E-state index is -1.82. The van der Waals surface area contributed by atoms with Gasteiger partial charge in [0.15, 0.2) is 0 Å². The zero-order valence-corrected chi connectivity index (χ0v) is 41.1. The maximum absolute atomic E-state index is 14.1. The molecule has 6 rings (SSSR count). The minimum Gasteiger partial charge on any atom is -0.508 e. The number of carboxylic acid groups (broad SMARTS) is 1. The van der Waals surface area contributed by atoms with Crippen LogP contribution in [0.25, 0.3) is 10.8 Å². The van der Waals surface area contributed by atoms with Crippen LogP contribution in [0.3, 0.4) is 0 Å². The summed E-state index contributed by atoms with van der Waals surface area (Å²) in [7, 11) is 0. The van der Waals surface area contributed by atoms with E-state index in [1.165, 1.54) is 24.3 Å². The van der Waals surface area contributed by atoms with E-state index in [0.29, 0.717) is 61.6 Å². The van der Waals surface area contributed by atoms with Gasteiger partial charge in [0.05, 0.1) is 18.5 Å². The van der Waals surface area contributed by atoms with Crippen LogP contribution in [-0.2, 0) is 51.2 Å². The first-order valence-electron chi connectivity index (χ1n) is 24.8. The molecular formula is C51H66N8O12S. The molecule has 0 aromatic heterocycles. The predicted octanol–water partition coefficient (Wildman–Crippen LogP) is 2.89. The molecule has 0 spiro atoms. The number of urea groups is 1. The van der Waals surface area contributed by atoms with E-state index in [-0.39, 0.29) is 68.0 Å². The second-order valence-electron chi connectivity index (χ2n) is 18.7. The molecule has 5 atom stereocenters. The van der Waals surface area contributed by atoms with Crippen molar-refractivity contribution >= 4 is 75.9 Å². The second-order valence-corrected chi connectivity index (χ2v) is 20.0. The van der Waals surface area contributed by atoms with E-state index in [2.05, 4.69) is 37.2 Å². The molecule has 2 saturated heterocycles. The number of phenolic OH excluding ortho intramolecular Hbond substituents is 1. The number of hydrogen-bond acceptors (Lipinski definition) is 12. The Balaban J connectivity index is 0.936. The summed E-state index contributed by atoms with van der Waals surface area (Å²) < 4.78 is 5.80. The molecule has 0 bridgehead atoms. The molecule has 1 saturated carbocycles. The van der Waals surface area contributed by atoms with Gasteiger partial charge in [-0.2, -0.15) is 11.8 Å². The van der Waals surface area contributed by atoms with Gasteiger partial charge in [-0.15, -0.1) is 0 Å². The largest absolute Gasteiger partial charge is 0.508 e. The summed E-state index contributed by atoms with van der Waals surface area (Å²) in [6.45, 7) is 0.690. The number of carbonyl (C=O) groups excluding carboxylic acids is 8. The number of rotatable bonds is 26. The summed E-state index contributed by atoms with van der Waals surface area (Å²) in [4.78, 5) is 114. The van der Waals surface area contributed by atoms with Gasteiger partial charge in [0.25, 0.3) is 0 Å². The summed E-state index contributed by atoms with van der Waals surface area (Å²) in [6, 6.07) is 14.3. The molecule has 11 N–H and O–H groups in total. The average Bonchev–Trinajstić information content (AvgIpc) is 3.91. The maximum atomic E-state index is 14.1. The van der Waals surface area contributed by atoms with E-state index in [1.54, 1.807) is 12.1 Å². The van der Waals surface area contributed by atoms with Gasteiger partial charge in [0.2, 0.25) is 29.5 Å². The Kier molecular flexibility index (Phi) is 20.0. The van der Waals surface area contributed by atoms with Crippen LogP contribution in [0.1, 0.15) is 107 Å². The van der Waals surface area contributed by atoms with Gasteiger partial charge in [-0.1, -0.05) is 74.6 Å². The van der Waals surface area contributed by atoms with E-state index in [1.807, 2.05) is 36.0 Å². The second kappa shape index (κ2) is 26.5. The van der Waals surface area contributed by atoms with Crippen LogP contribution in [-0.4, -0.2) is 117 Å². The van der Waals surface area contributed by atoms with E-state index < -0.39 is 59.5 Å². The molecular weight excluding hydrogens is 949 g/mol.